The number of rotatable bonds is 5. The SMILES string of the molecule is CC(N)C(C)C(=O)N(C)CCC(=O)O. The van der Waals surface area contributed by atoms with E-state index in [1.807, 2.05) is 0 Å². The maximum atomic E-state index is 11.5. The fourth-order valence-electron chi connectivity index (χ4n) is 0.946. The van der Waals surface area contributed by atoms with Gasteiger partial charge >= 0.3 is 5.97 Å². The minimum absolute atomic E-state index is 0.0338. The molecule has 0 rings (SSSR count). The second-order valence-electron chi connectivity index (χ2n) is 3.55. The number of carbonyl (C=O) groups is 2. The van der Waals surface area contributed by atoms with Gasteiger partial charge in [-0.05, 0) is 6.92 Å². The number of hydrogen-bond donors (Lipinski definition) is 2. The molecule has 1 amide bonds. The molecule has 0 saturated carbocycles. The van der Waals surface area contributed by atoms with Crippen LogP contribution in [-0.4, -0.2) is 41.5 Å². The van der Waals surface area contributed by atoms with Gasteiger partial charge in [-0.1, -0.05) is 6.92 Å². The molecule has 3 N–H and O–H groups in total. The van der Waals surface area contributed by atoms with E-state index in [0.29, 0.717) is 0 Å². The lowest BCUT2D eigenvalue weighted by atomic mass is 10.0. The quantitative estimate of drug-likeness (QED) is 0.652. The third-order valence-corrected chi connectivity index (χ3v) is 2.22. The summed E-state index contributed by atoms with van der Waals surface area (Å²) in [5.41, 5.74) is 5.57. The monoisotopic (exact) mass is 202 g/mol. The van der Waals surface area contributed by atoms with E-state index in [0.717, 1.165) is 0 Å². The van der Waals surface area contributed by atoms with Crippen LogP contribution in [-0.2, 0) is 9.59 Å². The summed E-state index contributed by atoms with van der Waals surface area (Å²) in [7, 11) is 1.59. The van der Waals surface area contributed by atoms with Crippen molar-refractivity contribution in [1.29, 1.82) is 0 Å². The van der Waals surface area contributed by atoms with Crippen LogP contribution in [0.25, 0.3) is 0 Å². The fraction of sp³-hybridized carbons (Fsp3) is 0.778. The van der Waals surface area contributed by atoms with Crippen LogP contribution in [0.5, 0.6) is 0 Å². The standard InChI is InChI=1S/C9H18N2O3/c1-6(7(2)10)9(14)11(3)5-4-8(12)13/h6-7H,4-5,10H2,1-3H3,(H,12,13). The summed E-state index contributed by atoms with van der Waals surface area (Å²) >= 11 is 0. The van der Waals surface area contributed by atoms with E-state index in [1.54, 1.807) is 20.9 Å². The number of nitrogens with zero attached hydrogens (tertiary/aromatic N) is 1. The third-order valence-electron chi connectivity index (χ3n) is 2.22. The first kappa shape index (κ1) is 12.9. The molecular formula is C9H18N2O3. The number of nitrogens with two attached hydrogens (primary N) is 1. The minimum Gasteiger partial charge on any atom is -0.481 e. The van der Waals surface area contributed by atoms with Gasteiger partial charge in [-0.2, -0.15) is 0 Å². The largest absolute Gasteiger partial charge is 0.481 e. The predicted octanol–water partition coefficient (Wildman–Crippen LogP) is -0.0972. The molecule has 0 fully saturated rings. The van der Waals surface area contributed by atoms with Crippen LogP contribution >= 0.6 is 0 Å². The summed E-state index contributed by atoms with van der Waals surface area (Å²) in [5, 5.41) is 8.43. The Morgan fingerprint density at radius 3 is 2.29 bits per heavy atom. The summed E-state index contributed by atoms with van der Waals surface area (Å²) in [5.74, 6) is -1.28. The van der Waals surface area contributed by atoms with Gasteiger partial charge in [0.1, 0.15) is 0 Å². The molecule has 0 aliphatic heterocycles. The number of carboxylic acids is 1. The van der Waals surface area contributed by atoms with Crippen molar-refractivity contribution in [2.45, 2.75) is 26.3 Å². The molecule has 0 spiro atoms. The summed E-state index contributed by atoms with van der Waals surface area (Å²) in [6.07, 6.45) is -0.0338. The number of amides is 1. The van der Waals surface area contributed by atoms with Crippen molar-refractivity contribution < 1.29 is 14.7 Å². The Hall–Kier alpha value is -1.10. The Bertz CT molecular complexity index is 216. The summed E-state index contributed by atoms with van der Waals surface area (Å²) in [6.45, 7) is 3.73. The van der Waals surface area contributed by atoms with Gasteiger partial charge in [-0.3, -0.25) is 9.59 Å². The minimum atomic E-state index is -0.905. The average molecular weight is 202 g/mol. The third kappa shape index (κ3) is 4.23. The highest BCUT2D eigenvalue weighted by Crippen LogP contribution is 2.04. The van der Waals surface area contributed by atoms with Gasteiger partial charge in [0.2, 0.25) is 5.91 Å². The number of carboxylic acid groups (broad SMARTS) is 1. The van der Waals surface area contributed by atoms with Crippen LogP contribution in [0.4, 0.5) is 0 Å². The van der Waals surface area contributed by atoms with E-state index in [4.69, 9.17) is 10.8 Å². The molecular weight excluding hydrogens is 184 g/mol. The van der Waals surface area contributed by atoms with Crippen molar-refractivity contribution >= 4 is 11.9 Å². The van der Waals surface area contributed by atoms with Gasteiger partial charge < -0.3 is 15.7 Å². The maximum absolute atomic E-state index is 11.5. The highest BCUT2D eigenvalue weighted by Gasteiger charge is 2.20. The zero-order valence-corrected chi connectivity index (χ0v) is 8.86. The molecule has 0 aliphatic rings. The number of carbonyl (C=O) groups excluding carboxylic acids is 1. The van der Waals surface area contributed by atoms with E-state index in [1.165, 1.54) is 4.90 Å². The van der Waals surface area contributed by atoms with Crippen LogP contribution in [0.1, 0.15) is 20.3 Å². The van der Waals surface area contributed by atoms with Gasteiger partial charge in [0.25, 0.3) is 0 Å². The highest BCUT2D eigenvalue weighted by molar-refractivity contribution is 5.79. The fourth-order valence-corrected chi connectivity index (χ4v) is 0.946. The molecule has 0 aromatic rings. The zero-order valence-electron chi connectivity index (χ0n) is 8.86. The smallest absolute Gasteiger partial charge is 0.305 e. The van der Waals surface area contributed by atoms with Crippen molar-refractivity contribution in [3.63, 3.8) is 0 Å². The number of hydrogen-bond acceptors (Lipinski definition) is 3. The topological polar surface area (TPSA) is 83.6 Å². The van der Waals surface area contributed by atoms with E-state index in [9.17, 15) is 9.59 Å². The summed E-state index contributed by atoms with van der Waals surface area (Å²) in [4.78, 5) is 23.2. The average Bonchev–Trinajstić information content (AvgIpc) is 2.11. The van der Waals surface area contributed by atoms with Crippen LogP contribution in [0.15, 0.2) is 0 Å². The molecule has 0 saturated heterocycles. The van der Waals surface area contributed by atoms with Crippen LogP contribution in [0, 0.1) is 5.92 Å². The summed E-state index contributed by atoms with van der Waals surface area (Å²) in [6, 6.07) is -0.213. The van der Waals surface area contributed by atoms with Crippen LogP contribution < -0.4 is 5.73 Å². The maximum Gasteiger partial charge on any atom is 0.305 e. The first-order chi connectivity index (χ1) is 6.36. The Morgan fingerprint density at radius 2 is 1.93 bits per heavy atom. The molecule has 82 valence electrons. The van der Waals surface area contributed by atoms with E-state index in [-0.39, 0.29) is 30.8 Å². The van der Waals surface area contributed by atoms with Crippen molar-refractivity contribution in [1.82, 2.24) is 4.90 Å². The Balaban J connectivity index is 4.05. The molecule has 5 heteroatoms. The second-order valence-corrected chi connectivity index (χ2v) is 3.55. The van der Waals surface area contributed by atoms with Crippen molar-refractivity contribution in [2.75, 3.05) is 13.6 Å². The van der Waals surface area contributed by atoms with Gasteiger partial charge in [0.15, 0.2) is 0 Å². The molecule has 0 heterocycles. The lowest BCUT2D eigenvalue weighted by molar-refractivity contribution is -0.139. The normalized spacial score (nSPS) is 14.6. The van der Waals surface area contributed by atoms with Gasteiger partial charge in [0.05, 0.1) is 12.3 Å². The van der Waals surface area contributed by atoms with Crippen molar-refractivity contribution in [3.8, 4) is 0 Å². The van der Waals surface area contributed by atoms with Crippen LogP contribution in [0.2, 0.25) is 0 Å². The Labute approximate surface area is 83.9 Å². The lowest BCUT2D eigenvalue weighted by Gasteiger charge is -2.22. The van der Waals surface area contributed by atoms with Crippen molar-refractivity contribution in [3.05, 3.63) is 0 Å². The zero-order chi connectivity index (χ0) is 11.3. The molecule has 0 aromatic heterocycles. The summed E-state index contributed by atoms with van der Waals surface area (Å²) < 4.78 is 0. The highest BCUT2D eigenvalue weighted by atomic mass is 16.4. The molecule has 5 nitrogen and oxygen atoms in total. The van der Waals surface area contributed by atoms with Gasteiger partial charge in [0, 0.05) is 19.6 Å². The van der Waals surface area contributed by atoms with Gasteiger partial charge in [-0.25, -0.2) is 0 Å². The molecule has 0 aromatic carbocycles. The van der Waals surface area contributed by atoms with E-state index >= 15 is 0 Å². The molecule has 0 bridgehead atoms. The lowest BCUT2D eigenvalue weighted by Crippen LogP contribution is -2.40. The molecule has 2 atom stereocenters. The Morgan fingerprint density at radius 1 is 1.43 bits per heavy atom. The first-order valence-corrected chi connectivity index (χ1v) is 4.58. The first-order valence-electron chi connectivity index (χ1n) is 4.58. The molecule has 14 heavy (non-hydrogen) atoms. The Kier molecular flexibility index (Phi) is 5.15. The van der Waals surface area contributed by atoms with Crippen LogP contribution in [0.3, 0.4) is 0 Å². The second kappa shape index (κ2) is 5.59. The van der Waals surface area contributed by atoms with E-state index < -0.39 is 5.97 Å². The van der Waals surface area contributed by atoms with E-state index in [2.05, 4.69) is 0 Å². The molecule has 0 radical (unpaired) electrons. The predicted molar refractivity (Wildman–Crippen MR) is 52.7 cm³/mol. The molecule has 0 aliphatic carbocycles. The number of aliphatic carboxylic acids is 1. The van der Waals surface area contributed by atoms with Gasteiger partial charge in [-0.15, -0.1) is 0 Å². The molecule has 2 unspecified atom stereocenters. The van der Waals surface area contributed by atoms with Crippen molar-refractivity contribution in [2.24, 2.45) is 11.7 Å².